The fourth-order valence-corrected chi connectivity index (χ4v) is 4.36. The number of carbonyl (C=O) groups excluding carboxylic acids is 1. The average Bonchev–Trinajstić information content (AvgIpc) is 2.76. The second-order valence-corrected chi connectivity index (χ2v) is 9.82. The molecule has 0 aliphatic rings. The topological polar surface area (TPSA) is 75.7 Å². The molecule has 0 saturated heterocycles. The van der Waals surface area contributed by atoms with Gasteiger partial charge in [-0.05, 0) is 63.5 Å². The van der Waals surface area contributed by atoms with E-state index in [-0.39, 0.29) is 18.9 Å². The van der Waals surface area contributed by atoms with Crippen molar-refractivity contribution in [2.75, 3.05) is 17.1 Å². The smallest absolute Gasteiger partial charge is 0.241 e. The van der Waals surface area contributed by atoms with Crippen molar-refractivity contribution in [3.05, 3.63) is 94.2 Å². The fourth-order valence-electron chi connectivity index (χ4n) is 2.87. The molecule has 9 heteroatoms. The van der Waals surface area contributed by atoms with E-state index >= 15 is 0 Å². The molecule has 0 unspecified atom stereocenters. The summed E-state index contributed by atoms with van der Waals surface area (Å²) < 4.78 is 44.7. The number of nitrogens with zero attached hydrogens (tertiary/aromatic N) is 1. The molecule has 1 amide bonds. The first-order valence-electron chi connectivity index (χ1n) is 9.67. The minimum absolute atomic E-state index is 0.241. The first-order chi connectivity index (χ1) is 15.2. The van der Waals surface area contributed by atoms with Gasteiger partial charge >= 0.3 is 0 Å². The van der Waals surface area contributed by atoms with E-state index in [1.165, 1.54) is 12.1 Å². The van der Waals surface area contributed by atoms with Gasteiger partial charge in [0.05, 0.1) is 11.9 Å². The summed E-state index contributed by atoms with van der Waals surface area (Å²) in [7, 11) is -3.65. The summed E-state index contributed by atoms with van der Waals surface area (Å²) in [5.74, 6) is -0.0828. The van der Waals surface area contributed by atoms with Crippen LogP contribution in [0.1, 0.15) is 11.1 Å². The highest BCUT2D eigenvalue weighted by Crippen LogP contribution is 2.27. The second-order valence-electron chi connectivity index (χ2n) is 7.06. The Morgan fingerprint density at radius 3 is 2.25 bits per heavy atom. The number of carbonyl (C=O) groups is 1. The predicted octanol–water partition coefficient (Wildman–Crippen LogP) is 4.25. The molecule has 0 spiro atoms. The number of benzene rings is 3. The molecule has 0 atom stereocenters. The molecule has 3 rings (SSSR count). The maximum Gasteiger partial charge on any atom is 0.241 e. The van der Waals surface area contributed by atoms with E-state index in [9.17, 15) is 17.6 Å². The van der Waals surface area contributed by atoms with E-state index in [1.807, 2.05) is 12.1 Å². The zero-order valence-electron chi connectivity index (χ0n) is 17.3. The van der Waals surface area contributed by atoms with Crippen molar-refractivity contribution < 1.29 is 22.3 Å². The van der Waals surface area contributed by atoms with Crippen molar-refractivity contribution in [1.82, 2.24) is 5.32 Å². The van der Waals surface area contributed by atoms with Crippen molar-refractivity contribution in [3.63, 3.8) is 0 Å². The van der Waals surface area contributed by atoms with Gasteiger partial charge in [0.15, 0.2) is 0 Å². The van der Waals surface area contributed by atoms with E-state index in [2.05, 4.69) is 21.2 Å². The molecule has 0 aliphatic heterocycles. The van der Waals surface area contributed by atoms with Gasteiger partial charge in [-0.25, -0.2) is 12.8 Å². The van der Waals surface area contributed by atoms with E-state index in [0.717, 1.165) is 21.7 Å². The number of anilines is 1. The van der Waals surface area contributed by atoms with E-state index in [1.54, 1.807) is 48.5 Å². The molecule has 0 bridgehead atoms. The quantitative estimate of drug-likeness (QED) is 0.457. The number of ether oxygens (including phenoxy) is 1. The van der Waals surface area contributed by atoms with Crippen molar-refractivity contribution in [1.29, 1.82) is 0 Å². The van der Waals surface area contributed by atoms with Gasteiger partial charge in [-0.2, -0.15) is 0 Å². The van der Waals surface area contributed by atoms with Gasteiger partial charge in [-0.3, -0.25) is 9.10 Å². The molecule has 6 nitrogen and oxygen atoms in total. The Morgan fingerprint density at radius 2 is 1.62 bits per heavy atom. The van der Waals surface area contributed by atoms with Crippen LogP contribution in [0, 0.1) is 5.82 Å². The lowest BCUT2D eigenvalue weighted by molar-refractivity contribution is -0.119. The largest absolute Gasteiger partial charge is 0.489 e. The van der Waals surface area contributed by atoms with E-state index in [0.29, 0.717) is 22.5 Å². The number of rotatable bonds is 9. The molecular formula is C23H22BrFN2O4S. The number of halogens is 2. The van der Waals surface area contributed by atoms with E-state index < -0.39 is 15.9 Å². The Hall–Kier alpha value is -2.91. The molecule has 0 heterocycles. The van der Waals surface area contributed by atoms with Gasteiger partial charge in [0.2, 0.25) is 15.9 Å². The summed E-state index contributed by atoms with van der Waals surface area (Å²) in [6.45, 7) is 0.220. The summed E-state index contributed by atoms with van der Waals surface area (Å²) in [5, 5.41) is 2.74. The monoisotopic (exact) mass is 520 g/mol. The van der Waals surface area contributed by atoms with Gasteiger partial charge in [-0.15, -0.1) is 0 Å². The summed E-state index contributed by atoms with van der Waals surface area (Å²) in [6, 6.07) is 20.1. The lowest BCUT2D eigenvalue weighted by atomic mass is 10.2. The molecule has 3 aromatic carbocycles. The van der Waals surface area contributed by atoms with Crippen LogP contribution in [0.4, 0.5) is 10.1 Å². The van der Waals surface area contributed by atoms with Crippen molar-refractivity contribution in [2.45, 2.75) is 13.2 Å². The summed E-state index contributed by atoms with van der Waals surface area (Å²) in [4.78, 5) is 12.4. The third kappa shape index (κ3) is 6.80. The van der Waals surface area contributed by atoms with Crippen LogP contribution in [0.2, 0.25) is 0 Å². The zero-order valence-corrected chi connectivity index (χ0v) is 19.7. The van der Waals surface area contributed by atoms with Gasteiger partial charge < -0.3 is 10.1 Å². The molecular weight excluding hydrogens is 499 g/mol. The molecule has 0 fully saturated rings. The number of para-hydroxylation sites is 1. The minimum atomic E-state index is -3.65. The minimum Gasteiger partial charge on any atom is -0.489 e. The molecule has 0 saturated carbocycles. The highest BCUT2D eigenvalue weighted by molar-refractivity contribution is 9.10. The van der Waals surface area contributed by atoms with Crippen LogP contribution >= 0.6 is 15.9 Å². The van der Waals surface area contributed by atoms with Crippen LogP contribution in [0.25, 0.3) is 0 Å². The number of nitrogens with one attached hydrogen (secondary N) is 1. The number of hydrogen-bond acceptors (Lipinski definition) is 4. The maximum atomic E-state index is 13.0. The average molecular weight is 521 g/mol. The van der Waals surface area contributed by atoms with E-state index in [4.69, 9.17) is 4.74 Å². The first-order valence-corrected chi connectivity index (χ1v) is 12.3. The Balaban J connectivity index is 1.54. The summed E-state index contributed by atoms with van der Waals surface area (Å²) >= 11 is 3.33. The Morgan fingerprint density at radius 1 is 1.00 bits per heavy atom. The summed E-state index contributed by atoms with van der Waals surface area (Å²) in [5.41, 5.74) is 2.08. The zero-order chi connectivity index (χ0) is 23.1. The van der Waals surface area contributed by atoms with Crippen molar-refractivity contribution in [2.24, 2.45) is 0 Å². The van der Waals surface area contributed by atoms with Crippen LogP contribution < -0.4 is 14.4 Å². The molecule has 1 N–H and O–H groups in total. The highest BCUT2D eigenvalue weighted by Gasteiger charge is 2.22. The van der Waals surface area contributed by atoms with Gasteiger partial charge in [0.1, 0.15) is 24.7 Å². The second kappa shape index (κ2) is 10.6. The number of sulfonamides is 1. The lowest BCUT2D eigenvalue weighted by Crippen LogP contribution is -2.40. The SMILES string of the molecule is CS(=O)(=O)N(CC(=O)NCc1ccc(OCc2ccc(F)cc2)cc1)c1ccccc1Br. The van der Waals surface area contributed by atoms with Crippen LogP contribution in [-0.2, 0) is 28.0 Å². The molecule has 0 aliphatic carbocycles. The molecule has 0 aromatic heterocycles. The normalized spacial score (nSPS) is 11.1. The maximum absolute atomic E-state index is 13.0. The first kappa shape index (κ1) is 23.7. The number of amides is 1. The lowest BCUT2D eigenvalue weighted by Gasteiger charge is -2.23. The fraction of sp³-hybridized carbons (Fsp3) is 0.174. The Kier molecular flexibility index (Phi) is 7.87. The van der Waals surface area contributed by atoms with Crippen LogP contribution in [-0.4, -0.2) is 27.1 Å². The molecule has 168 valence electrons. The molecule has 32 heavy (non-hydrogen) atoms. The van der Waals surface area contributed by atoms with Crippen molar-refractivity contribution in [3.8, 4) is 5.75 Å². The predicted molar refractivity (Wildman–Crippen MR) is 125 cm³/mol. The third-order valence-electron chi connectivity index (χ3n) is 4.54. The van der Waals surface area contributed by atoms with Crippen LogP contribution in [0.3, 0.4) is 0 Å². The standard InChI is InChI=1S/C23H22BrFN2O4S/c1-32(29,30)27(22-5-3-2-4-21(22)24)15-23(28)26-14-17-8-12-20(13-9-17)31-16-18-6-10-19(25)11-7-18/h2-13H,14-16H2,1H3,(H,26,28). The van der Waals surface area contributed by atoms with Crippen LogP contribution in [0.15, 0.2) is 77.3 Å². The summed E-state index contributed by atoms with van der Waals surface area (Å²) in [6.07, 6.45) is 1.06. The van der Waals surface area contributed by atoms with Gasteiger partial charge in [-0.1, -0.05) is 36.4 Å². The Bertz CT molecular complexity index is 1170. The van der Waals surface area contributed by atoms with Crippen LogP contribution in [0.5, 0.6) is 5.75 Å². The molecule has 3 aromatic rings. The molecule has 0 radical (unpaired) electrons. The van der Waals surface area contributed by atoms with Gasteiger partial charge in [0, 0.05) is 11.0 Å². The highest BCUT2D eigenvalue weighted by atomic mass is 79.9. The Labute approximate surface area is 195 Å². The third-order valence-corrected chi connectivity index (χ3v) is 6.34. The van der Waals surface area contributed by atoms with Crippen molar-refractivity contribution >= 4 is 37.5 Å². The van der Waals surface area contributed by atoms with Gasteiger partial charge in [0.25, 0.3) is 0 Å². The number of hydrogen-bond donors (Lipinski definition) is 1.